The van der Waals surface area contributed by atoms with Gasteiger partial charge in [0.05, 0.1) is 0 Å². The van der Waals surface area contributed by atoms with E-state index in [0.29, 0.717) is 11.5 Å². The van der Waals surface area contributed by atoms with E-state index in [2.05, 4.69) is 0 Å². The summed E-state index contributed by atoms with van der Waals surface area (Å²) in [5.41, 5.74) is 0. The Morgan fingerprint density at radius 2 is 1.60 bits per heavy atom. The van der Waals surface area contributed by atoms with E-state index in [4.69, 9.17) is 19.0 Å². The van der Waals surface area contributed by atoms with Gasteiger partial charge < -0.3 is 0 Å². The van der Waals surface area contributed by atoms with Crippen LogP contribution >= 0.6 is 26.5 Å². The van der Waals surface area contributed by atoms with Crippen molar-refractivity contribution < 1.29 is 10.2 Å². The molecule has 0 amide bonds. The van der Waals surface area contributed by atoms with Crippen LogP contribution in [0.2, 0.25) is 0 Å². The molecule has 2 atom stereocenters. The molecule has 60 valence electrons. The second kappa shape index (κ2) is 4.68. The Kier molecular flexibility index (Phi) is 4.59. The molecule has 1 aliphatic heterocycles. The predicted octanol–water partition coefficient (Wildman–Crippen LogP) is 0.412. The molecule has 1 heterocycles. The fourth-order valence-corrected chi connectivity index (χ4v) is 13.1. The molecule has 0 aliphatic carbocycles. The van der Waals surface area contributed by atoms with E-state index in [9.17, 15) is 0 Å². The molecule has 0 unspecified atom stereocenters. The number of rotatable bonds is 0. The Hall–Kier alpha value is 1.73. The Bertz CT molecular complexity index is 105. The Morgan fingerprint density at radius 1 is 1.20 bits per heavy atom. The van der Waals surface area contributed by atoms with E-state index < -0.39 is 28.5 Å². The van der Waals surface area contributed by atoms with Gasteiger partial charge in [-0.2, -0.15) is 0 Å². The fourth-order valence-electron chi connectivity index (χ4n) is 0.529. The van der Waals surface area contributed by atoms with Gasteiger partial charge in [0.1, 0.15) is 0 Å². The van der Waals surface area contributed by atoms with E-state index >= 15 is 0 Å². The van der Waals surface area contributed by atoms with Crippen LogP contribution in [0.5, 0.6) is 0 Å². The molecule has 1 saturated heterocycles. The predicted molar refractivity (Wildman–Crippen MR) is 48.5 cm³/mol. The van der Waals surface area contributed by atoms with Gasteiger partial charge in [0.2, 0.25) is 0 Å². The second-order valence-electron chi connectivity index (χ2n) is 1.94. The van der Waals surface area contributed by atoms with Gasteiger partial charge in [-0.25, -0.2) is 0 Å². The standard InChI is InChI=1S/C4H10O2S2.ClH.Sb/c5-3(1-7)4(6)2-8;;/h3-8H,1-2H2;1H;/q;;+3/p-3/t3-,4-;;/m1../s1. The first-order chi connectivity index (χ1) is 4.70. The molecule has 2 N–H and O–H groups in total. The van der Waals surface area contributed by atoms with Crippen LogP contribution in [0.25, 0.3) is 0 Å². The molecule has 2 nitrogen and oxygen atoms in total. The van der Waals surface area contributed by atoms with Crippen molar-refractivity contribution in [2.45, 2.75) is 12.2 Å². The molecular weight excluding hydrogens is 301 g/mol. The zero-order chi connectivity index (χ0) is 7.56. The van der Waals surface area contributed by atoms with Crippen molar-refractivity contribution in [1.29, 1.82) is 0 Å². The van der Waals surface area contributed by atoms with Crippen LogP contribution in [0.3, 0.4) is 0 Å². The summed E-state index contributed by atoms with van der Waals surface area (Å²) in [6.07, 6.45) is -1.13. The number of hydrogen-bond acceptors (Lipinski definition) is 4. The van der Waals surface area contributed by atoms with Crippen molar-refractivity contribution in [3.05, 3.63) is 0 Å². The van der Waals surface area contributed by atoms with Gasteiger partial charge in [0.25, 0.3) is 0 Å². The molecule has 0 aromatic heterocycles. The minimum atomic E-state index is -1.62. The number of aliphatic hydroxyl groups excluding tert-OH is 2. The van der Waals surface area contributed by atoms with Gasteiger partial charge >= 0.3 is 76.7 Å². The van der Waals surface area contributed by atoms with Crippen LogP contribution in [0, 0.1) is 0 Å². The van der Waals surface area contributed by atoms with Gasteiger partial charge in [-0.15, -0.1) is 0 Å². The van der Waals surface area contributed by atoms with Crippen molar-refractivity contribution in [2.75, 3.05) is 11.5 Å². The third kappa shape index (κ3) is 3.00. The summed E-state index contributed by atoms with van der Waals surface area (Å²) >= 11 is -1.62. The summed E-state index contributed by atoms with van der Waals surface area (Å²) in [7, 11) is 9.24. The van der Waals surface area contributed by atoms with E-state index in [0.717, 1.165) is 0 Å². The van der Waals surface area contributed by atoms with Crippen molar-refractivity contribution in [3.8, 4) is 0 Å². The first-order valence-corrected chi connectivity index (χ1v) is 14.1. The fraction of sp³-hybridized carbons (Fsp3) is 1.00. The molecule has 10 heavy (non-hydrogen) atoms. The zero-order valence-electron chi connectivity index (χ0n) is 5.11. The maximum absolute atomic E-state index is 9.16. The quantitative estimate of drug-likeness (QED) is 0.636. The molecule has 1 aliphatic rings. The number of hydrogen-bond donors (Lipinski definition) is 2. The van der Waals surface area contributed by atoms with Crippen LogP contribution in [-0.2, 0) is 0 Å². The molecular formula is C4H8ClO2S2Sb. The number of aliphatic hydroxyl groups is 2. The Morgan fingerprint density at radius 3 is 2.00 bits per heavy atom. The monoisotopic (exact) mass is 308 g/mol. The summed E-state index contributed by atoms with van der Waals surface area (Å²) in [6.45, 7) is 0. The zero-order valence-corrected chi connectivity index (χ0v) is 10.0. The Balaban J connectivity index is 2.38. The second-order valence-corrected chi connectivity index (χ2v) is 20.2. The first-order valence-electron chi connectivity index (χ1n) is 2.78. The molecule has 0 bridgehead atoms. The first kappa shape index (κ1) is 9.81. The molecule has 0 aromatic carbocycles. The van der Waals surface area contributed by atoms with Crippen molar-refractivity contribution in [1.82, 2.24) is 0 Å². The van der Waals surface area contributed by atoms with Gasteiger partial charge in [-0.1, -0.05) is 0 Å². The van der Waals surface area contributed by atoms with Crippen LogP contribution in [0.4, 0.5) is 0 Å². The molecule has 1 rings (SSSR count). The number of halogens is 1. The molecule has 6 heteroatoms. The normalized spacial score (nSPS) is 37.5. The van der Waals surface area contributed by atoms with E-state index in [-0.39, 0.29) is 0 Å². The third-order valence-corrected chi connectivity index (χ3v) is 16.7. The summed E-state index contributed by atoms with van der Waals surface area (Å²) in [5.74, 6) is 1.22. The summed E-state index contributed by atoms with van der Waals surface area (Å²) < 4.78 is 0. The van der Waals surface area contributed by atoms with Crippen LogP contribution < -0.4 is 0 Å². The molecule has 0 radical (unpaired) electrons. The van der Waals surface area contributed by atoms with E-state index in [1.54, 1.807) is 17.7 Å². The van der Waals surface area contributed by atoms with Crippen molar-refractivity contribution in [2.24, 2.45) is 0 Å². The minimum absolute atomic E-state index is 0.564. The van der Waals surface area contributed by atoms with Gasteiger partial charge in [0.15, 0.2) is 0 Å². The van der Waals surface area contributed by atoms with Gasteiger partial charge in [0, 0.05) is 0 Å². The summed E-state index contributed by atoms with van der Waals surface area (Å²) in [6, 6.07) is 0. The Labute approximate surface area is 76.2 Å². The van der Waals surface area contributed by atoms with E-state index in [1.807, 2.05) is 0 Å². The molecule has 0 aromatic rings. The average molecular weight is 309 g/mol. The van der Waals surface area contributed by atoms with Crippen LogP contribution in [0.15, 0.2) is 0 Å². The summed E-state index contributed by atoms with van der Waals surface area (Å²) in [5, 5.41) is 18.3. The molecule has 1 fully saturated rings. The third-order valence-electron chi connectivity index (χ3n) is 1.14. The van der Waals surface area contributed by atoms with E-state index in [1.165, 1.54) is 0 Å². The molecule has 0 saturated carbocycles. The van der Waals surface area contributed by atoms with Gasteiger partial charge in [-0.3, -0.25) is 0 Å². The topological polar surface area (TPSA) is 40.5 Å². The molecule has 0 spiro atoms. The SMILES string of the molecule is O[C@@H]1C[S][Sb]([Cl])[S]C[C@H]1O. The maximum atomic E-state index is 9.16. The van der Waals surface area contributed by atoms with Crippen LogP contribution in [-0.4, -0.2) is 50.2 Å². The van der Waals surface area contributed by atoms with Gasteiger partial charge in [-0.05, 0) is 0 Å². The van der Waals surface area contributed by atoms with Crippen molar-refractivity contribution in [3.63, 3.8) is 0 Å². The van der Waals surface area contributed by atoms with Crippen molar-refractivity contribution >= 4 is 42.8 Å². The average Bonchev–Trinajstić information content (AvgIpc) is 2.04. The van der Waals surface area contributed by atoms with Crippen LogP contribution in [0.1, 0.15) is 0 Å². The summed E-state index contributed by atoms with van der Waals surface area (Å²) in [4.78, 5) is 0.